The van der Waals surface area contributed by atoms with E-state index < -0.39 is 15.9 Å². The Morgan fingerprint density at radius 2 is 2.00 bits per heavy atom. The number of sulfonamides is 1. The second-order valence-corrected chi connectivity index (χ2v) is 5.59. The first-order valence-electron chi connectivity index (χ1n) is 5.73. The van der Waals surface area contributed by atoms with Gasteiger partial charge in [-0.3, -0.25) is 4.79 Å². The fourth-order valence-electron chi connectivity index (χ4n) is 1.61. The lowest BCUT2D eigenvalue weighted by Gasteiger charge is -2.13. The number of nitrogens with two attached hydrogens (primary N) is 1. The van der Waals surface area contributed by atoms with Crippen molar-refractivity contribution in [2.75, 3.05) is 0 Å². The number of carbonyl (C=O) groups is 1. The van der Waals surface area contributed by atoms with Crippen LogP contribution in [0.4, 0.5) is 0 Å². The molecule has 7 heteroatoms. The van der Waals surface area contributed by atoms with Gasteiger partial charge < -0.3 is 9.73 Å². The van der Waals surface area contributed by atoms with Crippen molar-refractivity contribution in [2.45, 2.75) is 44.6 Å². The average Bonchev–Trinajstić information content (AvgIpc) is 2.67. The first-order chi connectivity index (χ1) is 8.29. The molecule has 0 aliphatic carbocycles. The van der Waals surface area contributed by atoms with E-state index in [9.17, 15) is 13.2 Å². The highest BCUT2D eigenvalue weighted by molar-refractivity contribution is 7.89. The molecular weight excluding hydrogens is 256 g/mol. The Morgan fingerprint density at radius 1 is 1.44 bits per heavy atom. The topological polar surface area (TPSA) is 102 Å². The third-order valence-electron chi connectivity index (χ3n) is 2.72. The van der Waals surface area contributed by atoms with E-state index in [0.717, 1.165) is 18.9 Å². The van der Waals surface area contributed by atoms with Gasteiger partial charge in [0.1, 0.15) is 10.7 Å². The highest BCUT2D eigenvalue weighted by Gasteiger charge is 2.21. The van der Waals surface area contributed by atoms with Gasteiger partial charge in [0.15, 0.2) is 5.76 Å². The Bertz CT molecular complexity index is 529. The fraction of sp³-hybridized carbons (Fsp3) is 0.545. The van der Waals surface area contributed by atoms with Gasteiger partial charge in [0.05, 0.1) is 0 Å². The quantitative estimate of drug-likeness (QED) is 0.840. The second kappa shape index (κ2) is 5.53. The van der Waals surface area contributed by atoms with Crippen LogP contribution in [0.25, 0.3) is 0 Å². The summed E-state index contributed by atoms with van der Waals surface area (Å²) in [5, 5.41) is 7.76. The molecule has 6 nitrogen and oxygen atoms in total. The van der Waals surface area contributed by atoms with E-state index in [0.29, 0.717) is 0 Å². The fourth-order valence-corrected chi connectivity index (χ4v) is 2.32. The molecule has 102 valence electrons. The number of primary sulfonamides is 1. The van der Waals surface area contributed by atoms with Crippen molar-refractivity contribution < 1.29 is 17.6 Å². The van der Waals surface area contributed by atoms with E-state index in [1.807, 2.05) is 13.8 Å². The molecule has 0 fully saturated rings. The maximum Gasteiger partial charge on any atom is 0.287 e. The van der Waals surface area contributed by atoms with Gasteiger partial charge in [0.2, 0.25) is 10.0 Å². The Balaban J connectivity index is 2.95. The van der Waals surface area contributed by atoms with Crippen LogP contribution in [0.5, 0.6) is 0 Å². The Kier molecular flexibility index (Phi) is 4.53. The lowest BCUT2D eigenvalue weighted by atomic mass is 10.2. The van der Waals surface area contributed by atoms with Gasteiger partial charge in [0.25, 0.3) is 5.91 Å². The molecule has 0 aliphatic rings. The molecule has 0 saturated carbocycles. The lowest BCUT2D eigenvalue weighted by molar-refractivity contribution is 0.0905. The Morgan fingerprint density at radius 3 is 2.39 bits per heavy atom. The summed E-state index contributed by atoms with van der Waals surface area (Å²) in [5.41, 5.74) is 0. The number of nitrogens with one attached hydrogen (secondary N) is 1. The minimum Gasteiger partial charge on any atom is -0.455 e. The predicted molar refractivity (Wildman–Crippen MR) is 66.7 cm³/mol. The van der Waals surface area contributed by atoms with E-state index in [1.165, 1.54) is 6.92 Å². The molecule has 0 bridgehead atoms. The number of hydrogen-bond acceptors (Lipinski definition) is 4. The number of amides is 1. The van der Waals surface area contributed by atoms with Gasteiger partial charge in [-0.05, 0) is 19.8 Å². The van der Waals surface area contributed by atoms with Crippen LogP contribution in [-0.4, -0.2) is 20.4 Å². The number of carbonyl (C=O) groups excluding carboxylic acids is 1. The maximum absolute atomic E-state index is 11.8. The molecule has 1 rings (SSSR count). The molecule has 1 amide bonds. The summed E-state index contributed by atoms with van der Waals surface area (Å²) in [6.07, 6.45) is 1.59. The zero-order valence-electron chi connectivity index (χ0n) is 10.7. The van der Waals surface area contributed by atoms with E-state index >= 15 is 0 Å². The zero-order chi connectivity index (χ0) is 13.9. The summed E-state index contributed by atoms with van der Waals surface area (Å²) >= 11 is 0. The van der Waals surface area contributed by atoms with E-state index in [2.05, 4.69) is 5.32 Å². The molecule has 1 aromatic heterocycles. The molecule has 1 aromatic rings. The minimum absolute atomic E-state index is 0.0385. The van der Waals surface area contributed by atoms with Crippen LogP contribution in [0.1, 0.15) is 43.0 Å². The minimum atomic E-state index is -3.86. The number of rotatable bonds is 5. The molecule has 3 N–H and O–H groups in total. The summed E-state index contributed by atoms with van der Waals surface area (Å²) in [4.78, 5) is 11.7. The zero-order valence-corrected chi connectivity index (χ0v) is 11.5. The van der Waals surface area contributed by atoms with Crippen LogP contribution in [0, 0.1) is 6.92 Å². The number of aryl methyl sites for hydroxylation is 1. The molecule has 1 heterocycles. The van der Waals surface area contributed by atoms with Crippen LogP contribution in [0.2, 0.25) is 0 Å². The van der Waals surface area contributed by atoms with Crippen LogP contribution < -0.4 is 10.5 Å². The van der Waals surface area contributed by atoms with E-state index in [1.54, 1.807) is 0 Å². The summed E-state index contributed by atoms with van der Waals surface area (Å²) < 4.78 is 27.5. The summed E-state index contributed by atoms with van der Waals surface area (Å²) in [7, 11) is -3.86. The van der Waals surface area contributed by atoms with Gasteiger partial charge in [-0.15, -0.1) is 0 Å². The van der Waals surface area contributed by atoms with Crippen molar-refractivity contribution in [3.05, 3.63) is 17.6 Å². The summed E-state index contributed by atoms with van der Waals surface area (Å²) in [6.45, 7) is 5.36. The Hall–Kier alpha value is -1.34. The molecule has 0 aromatic carbocycles. The molecule has 0 aliphatic heterocycles. The average molecular weight is 274 g/mol. The van der Waals surface area contributed by atoms with Crippen LogP contribution in [0.3, 0.4) is 0 Å². The molecule has 0 unspecified atom stereocenters. The normalized spacial score (nSPS) is 11.8. The predicted octanol–water partition coefficient (Wildman–Crippen LogP) is 1.15. The highest BCUT2D eigenvalue weighted by Crippen LogP contribution is 2.18. The van der Waals surface area contributed by atoms with Crippen molar-refractivity contribution in [1.29, 1.82) is 0 Å². The van der Waals surface area contributed by atoms with Crippen molar-refractivity contribution in [3.63, 3.8) is 0 Å². The van der Waals surface area contributed by atoms with Crippen LogP contribution in [0.15, 0.2) is 15.4 Å². The van der Waals surface area contributed by atoms with Gasteiger partial charge in [-0.25, -0.2) is 13.6 Å². The summed E-state index contributed by atoms with van der Waals surface area (Å²) in [6, 6.07) is 1.20. The van der Waals surface area contributed by atoms with Gasteiger partial charge in [-0.2, -0.15) is 0 Å². The van der Waals surface area contributed by atoms with E-state index in [4.69, 9.17) is 9.56 Å². The van der Waals surface area contributed by atoms with Crippen LogP contribution in [-0.2, 0) is 10.0 Å². The first-order valence-corrected chi connectivity index (χ1v) is 7.28. The number of furan rings is 1. The van der Waals surface area contributed by atoms with Gasteiger partial charge >= 0.3 is 0 Å². The molecular formula is C11H18N2O4S. The van der Waals surface area contributed by atoms with Crippen molar-refractivity contribution >= 4 is 15.9 Å². The molecule has 0 saturated heterocycles. The van der Waals surface area contributed by atoms with Crippen molar-refractivity contribution in [2.24, 2.45) is 5.14 Å². The molecule has 18 heavy (non-hydrogen) atoms. The molecule has 0 radical (unpaired) electrons. The third kappa shape index (κ3) is 3.33. The SMILES string of the molecule is CCC(CC)NC(=O)c1cc(S(N)(=O)=O)c(C)o1. The second-order valence-electron chi connectivity index (χ2n) is 4.06. The van der Waals surface area contributed by atoms with Crippen LogP contribution >= 0.6 is 0 Å². The maximum atomic E-state index is 11.8. The van der Waals surface area contributed by atoms with E-state index in [-0.39, 0.29) is 22.5 Å². The third-order valence-corrected chi connectivity index (χ3v) is 3.74. The monoisotopic (exact) mass is 274 g/mol. The smallest absolute Gasteiger partial charge is 0.287 e. The lowest BCUT2D eigenvalue weighted by Crippen LogP contribution is -2.33. The molecule has 0 atom stereocenters. The van der Waals surface area contributed by atoms with Crippen molar-refractivity contribution in [3.8, 4) is 0 Å². The van der Waals surface area contributed by atoms with Gasteiger partial charge in [0, 0.05) is 12.1 Å². The Labute approximate surface area is 107 Å². The van der Waals surface area contributed by atoms with Gasteiger partial charge in [-0.1, -0.05) is 13.8 Å². The standard InChI is InChI=1S/C11H18N2O4S/c1-4-8(5-2)13-11(14)9-6-10(7(3)17-9)18(12,15)16/h6,8H,4-5H2,1-3H3,(H,13,14)(H2,12,15,16). The summed E-state index contributed by atoms with van der Waals surface area (Å²) in [5.74, 6) is -0.350. The number of hydrogen-bond donors (Lipinski definition) is 2. The van der Waals surface area contributed by atoms with Crippen molar-refractivity contribution in [1.82, 2.24) is 5.32 Å². The first kappa shape index (κ1) is 14.7. The largest absolute Gasteiger partial charge is 0.455 e. The highest BCUT2D eigenvalue weighted by atomic mass is 32.2. The molecule has 0 spiro atoms.